The molecule has 0 amide bonds. The highest BCUT2D eigenvalue weighted by atomic mass is 16.6. The largest absolute Gasteiger partial charge is 0.496 e. The van der Waals surface area contributed by atoms with Crippen molar-refractivity contribution in [1.82, 2.24) is 0 Å². The number of nitro benzene ring substituents is 1. The van der Waals surface area contributed by atoms with Crippen LogP contribution in [0.15, 0.2) is 18.2 Å². The van der Waals surface area contributed by atoms with E-state index in [1.807, 2.05) is 0 Å². The van der Waals surface area contributed by atoms with Crippen molar-refractivity contribution in [3.05, 3.63) is 28.3 Å². The van der Waals surface area contributed by atoms with E-state index in [9.17, 15) is 15.2 Å². The van der Waals surface area contributed by atoms with Crippen molar-refractivity contribution in [2.75, 3.05) is 25.6 Å². The van der Waals surface area contributed by atoms with Gasteiger partial charge in [0.25, 0.3) is 5.69 Å². The molecule has 1 fully saturated rings. The Bertz CT molecular complexity index is 478. The fourth-order valence-electron chi connectivity index (χ4n) is 2.78. The maximum atomic E-state index is 10.9. The van der Waals surface area contributed by atoms with Crippen molar-refractivity contribution in [2.45, 2.75) is 19.3 Å². The zero-order valence-electron chi connectivity index (χ0n) is 11.5. The lowest BCUT2D eigenvalue weighted by atomic mass is 9.97. The molecule has 6 heteroatoms. The molecular formula is C14H20N2O4. The van der Waals surface area contributed by atoms with Gasteiger partial charge < -0.3 is 15.2 Å². The second kappa shape index (κ2) is 6.56. The molecule has 0 aliphatic heterocycles. The lowest BCUT2D eigenvalue weighted by molar-refractivity contribution is -0.384. The molecule has 0 aromatic heterocycles. The first-order valence-corrected chi connectivity index (χ1v) is 6.82. The normalized spacial score (nSPS) is 21.7. The molecule has 2 rings (SSSR count). The highest BCUT2D eigenvalue weighted by Gasteiger charge is 2.26. The number of benzene rings is 1. The Morgan fingerprint density at radius 2 is 2.15 bits per heavy atom. The Balaban J connectivity index is 2.05. The van der Waals surface area contributed by atoms with Crippen molar-refractivity contribution in [3.8, 4) is 5.75 Å². The Morgan fingerprint density at radius 3 is 2.80 bits per heavy atom. The molecule has 0 heterocycles. The van der Waals surface area contributed by atoms with Gasteiger partial charge in [-0.1, -0.05) is 6.42 Å². The number of hydrogen-bond acceptors (Lipinski definition) is 5. The lowest BCUT2D eigenvalue weighted by Crippen LogP contribution is -2.20. The lowest BCUT2D eigenvalue weighted by Gasteiger charge is -2.18. The Morgan fingerprint density at radius 1 is 1.40 bits per heavy atom. The molecule has 1 aromatic carbocycles. The van der Waals surface area contributed by atoms with E-state index in [0.29, 0.717) is 23.3 Å². The molecule has 110 valence electrons. The Kier molecular flexibility index (Phi) is 4.79. The number of nitrogens with zero attached hydrogens (tertiary/aromatic N) is 1. The van der Waals surface area contributed by atoms with Crippen molar-refractivity contribution >= 4 is 11.4 Å². The van der Waals surface area contributed by atoms with Gasteiger partial charge in [-0.2, -0.15) is 0 Å². The summed E-state index contributed by atoms with van der Waals surface area (Å²) in [6.45, 7) is 0.931. The number of aliphatic hydroxyl groups excluding tert-OH is 1. The van der Waals surface area contributed by atoms with Gasteiger partial charge in [0.05, 0.1) is 18.1 Å². The van der Waals surface area contributed by atoms with Gasteiger partial charge in [-0.15, -0.1) is 0 Å². The number of rotatable bonds is 6. The number of aliphatic hydroxyl groups is 1. The number of nitro groups is 1. The first-order chi connectivity index (χ1) is 9.63. The van der Waals surface area contributed by atoms with Crippen LogP contribution in [0.1, 0.15) is 19.3 Å². The number of non-ortho nitro benzene ring substituents is 1. The highest BCUT2D eigenvalue weighted by Crippen LogP contribution is 2.32. The topological polar surface area (TPSA) is 84.6 Å². The molecular weight excluding hydrogens is 260 g/mol. The third-order valence-corrected chi connectivity index (χ3v) is 3.96. The average molecular weight is 280 g/mol. The van der Waals surface area contributed by atoms with Crippen LogP contribution in [-0.4, -0.2) is 30.3 Å². The minimum atomic E-state index is -0.431. The summed E-state index contributed by atoms with van der Waals surface area (Å²) in [6.07, 6.45) is 3.28. The molecule has 1 aliphatic carbocycles. The van der Waals surface area contributed by atoms with Gasteiger partial charge in [0.15, 0.2) is 0 Å². The van der Waals surface area contributed by atoms with E-state index in [1.54, 1.807) is 6.07 Å². The standard InChI is InChI=1S/C14H20N2O4/c1-20-14-6-12(5-13(7-14)16(18)19)15-8-10-3-2-4-11(10)9-17/h5-7,10-11,15,17H,2-4,8-9H2,1H3. The molecule has 1 saturated carbocycles. The van der Waals surface area contributed by atoms with Gasteiger partial charge in [-0.3, -0.25) is 10.1 Å². The van der Waals surface area contributed by atoms with Crippen LogP contribution in [0.2, 0.25) is 0 Å². The minimum absolute atomic E-state index is 0.0111. The molecule has 20 heavy (non-hydrogen) atoms. The van der Waals surface area contributed by atoms with Gasteiger partial charge in [-0.05, 0) is 24.7 Å². The van der Waals surface area contributed by atoms with Gasteiger partial charge in [0.2, 0.25) is 0 Å². The van der Waals surface area contributed by atoms with Crippen molar-refractivity contribution < 1.29 is 14.8 Å². The van der Waals surface area contributed by atoms with E-state index < -0.39 is 4.92 Å². The van der Waals surface area contributed by atoms with E-state index >= 15 is 0 Å². The maximum Gasteiger partial charge on any atom is 0.275 e. The summed E-state index contributed by atoms with van der Waals surface area (Å²) in [7, 11) is 1.49. The number of nitrogens with one attached hydrogen (secondary N) is 1. The number of anilines is 1. The summed E-state index contributed by atoms with van der Waals surface area (Å²) in [5.41, 5.74) is 0.691. The van der Waals surface area contributed by atoms with Crippen molar-refractivity contribution in [1.29, 1.82) is 0 Å². The molecule has 1 aromatic rings. The van der Waals surface area contributed by atoms with E-state index in [2.05, 4.69) is 5.32 Å². The molecule has 0 saturated heterocycles. The average Bonchev–Trinajstić information content (AvgIpc) is 2.92. The zero-order chi connectivity index (χ0) is 14.5. The summed E-state index contributed by atoms with van der Waals surface area (Å²) in [4.78, 5) is 10.4. The maximum absolute atomic E-state index is 10.9. The fraction of sp³-hybridized carbons (Fsp3) is 0.571. The second-order valence-corrected chi connectivity index (χ2v) is 5.19. The van der Waals surface area contributed by atoms with Crippen LogP contribution < -0.4 is 10.1 Å². The summed E-state index contributed by atoms with van der Waals surface area (Å²) in [5, 5.41) is 23.4. The smallest absolute Gasteiger partial charge is 0.275 e. The van der Waals surface area contributed by atoms with Crippen molar-refractivity contribution in [3.63, 3.8) is 0 Å². The SMILES string of the molecule is COc1cc(NCC2CCCC2CO)cc([N+](=O)[O-])c1. The van der Waals surface area contributed by atoms with E-state index in [1.165, 1.54) is 19.2 Å². The summed E-state index contributed by atoms with van der Waals surface area (Å²) >= 11 is 0. The van der Waals surface area contributed by atoms with Crippen LogP contribution in [0.25, 0.3) is 0 Å². The summed E-state index contributed by atoms with van der Waals surface area (Å²) < 4.78 is 5.08. The molecule has 0 radical (unpaired) electrons. The van der Waals surface area contributed by atoms with Crippen LogP contribution in [0, 0.1) is 22.0 Å². The quantitative estimate of drug-likeness (QED) is 0.617. The molecule has 0 spiro atoms. The predicted molar refractivity (Wildman–Crippen MR) is 76.1 cm³/mol. The van der Waals surface area contributed by atoms with Crippen LogP contribution >= 0.6 is 0 Å². The molecule has 2 atom stereocenters. The monoisotopic (exact) mass is 280 g/mol. The van der Waals surface area contributed by atoms with E-state index in [0.717, 1.165) is 25.8 Å². The number of hydrogen-bond donors (Lipinski definition) is 2. The minimum Gasteiger partial charge on any atom is -0.496 e. The van der Waals surface area contributed by atoms with Crippen molar-refractivity contribution in [2.24, 2.45) is 11.8 Å². The fourth-order valence-corrected chi connectivity index (χ4v) is 2.78. The van der Waals surface area contributed by atoms with Gasteiger partial charge >= 0.3 is 0 Å². The van der Waals surface area contributed by atoms with Crippen LogP contribution in [0.3, 0.4) is 0 Å². The summed E-state index contributed by atoms with van der Waals surface area (Å²) in [5.74, 6) is 1.22. The zero-order valence-corrected chi connectivity index (χ0v) is 11.5. The van der Waals surface area contributed by atoms with Crippen LogP contribution in [0.5, 0.6) is 5.75 Å². The number of methoxy groups -OCH3 is 1. The molecule has 1 aliphatic rings. The first-order valence-electron chi connectivity index (χ1n) is 6.82. The Hall–Kier alpha value is -1.82. The Labute approximate surface area is 117 Å². The summed E-state index contributed by atoms with van der Waals surface area (Å²) in [6, 6.07) is 4.65. The number of ether oxygens (including phenoxy) is 1. The van der Waals surface area contributed by atoms with Gasteiger partial charge in [0.1, 0.15) is 5.75 Å². The van der Waals surface area contributed by atoms with Gasteiger partial charge in [0, 0.05) is 31.0 Å². The third kappa shape index (κ3) is 3.39. The molecule has 0 bridgehead atoms. The van der Waals surface area contributed by atoms with E-state index in [4.69, 9.17) is 4.74 Å². The molecule has 6 nitrogen and oxygen atoms in total. The molecule has 2 unspecified atom stereocenters. The highest BCUT2D eigenvalue weighted by molar-refractivity contribution is 5.56. The molecule has 2 N–H and O–H groups in total. The van der Waals surface area contributed by atoms with Crippen LogP contribution in [0.4, 0.5) is 11.4 Å². The van der Waals surface area contributed by atoms with E-state index in [-0.39, 0.29) is 12.3 Å². The third-order valence-electron chi connectivity index (χ3n) is 3.96. The first kappa shape index (κ1) is 14.6. The van der Waals surface area contributed by atoms with Gasteiger partial charge in [-0.25, -0.2) is 0 Å². The predicted octanol–water partition coefficient (Wildman–Crippen LogP) is 2.42. The second-order valence-electron chi connectivity index (χ2n) is 5.19. The van der Waals surface area contributed by atoms with Crippen LogP contribution in [-0.2, 0) is 0 Å².